The molecular formula is C22H18F4N4O3. The van der Waals surface area contributed by atoms with Gasteiger partial charge in [0.25, 0.3) is 0 Å². The van der Waals surface area contributed by atoms with Crippen molar-refractivity contribution in [3.05, 3.63) is 59.3 Å². The number of anilines is 1. The SMILES string of the molecule is O=C1Nc2ccc(F)c(F)c2CN1CC(=O)N1C[C@@H]2C[C@H]1C=C2c1ccc(OC(F)F)nc1. The second-order valence-corrected chi connectivity index (χ2v) is 8.11. The fraction of sp³-hybridized carbons (Fsp3) is 0.318. The summed E-state index contributed by atoms with van der Waals surface area (Å²) in [6.45, 7) is -3.00. The number of aromatic nitrogens is 1. The van der Waals surface area contributed by atoms with Crippen molar-refractivity contribution in [2.75, 3.05) is 18.4 Å². The average molecular weight is 462 g/mol. The summed E-state index contributed by atoms with van der Waals surface area (Å²) in [4.78, 5) is 31.9. The van der Waals surface area contributed by atoms with E-state index in [1.54, 1.807) is 11.0 Å². The Morgan fingerprint density at radius 1 is 1.24 bits per heavy atom. The second kappa shape index (κ2) is 8.05. The van der Waals surface area contributed by atoms with Crippen LogP contribution in [0.5, 0.6) is 5.88 Å². The number of benzene rings is 1. The van der Waals surface area contributed by atoms with E-state index in [0.717, 1.165) is 22.1 Å². The third-order valence-corrected chi connectivity index (χ3v) is 6.16. The lowest BCUT2D eigenvalue weighted by molar-refractivity contribution is -0.132. The molecule has 1 saturated heterocycles. The maximum Gasteiger partial charge on any atom is 0.388 e. The number of ether oxygens (including phenoxy) is 1. The molecule has 1 aromatic carbocycles. The maximum absolute atomic E-state index is 14.1. The minimum absolute atomic E-state index is 0.000655. The Balaban J connectivity index is 1.26. The summed E-state index contributed by atoms with van der Waals surface area (Å²) in [6.07, 6.45) is 4.09. The van der Waals surface area contributed by atoms with E-state index in [-0.39, 0.29) is 48.1 Å². The normalized spacial score (nSPS) is 21.2. The van der Waals surface area contributed by atoms with Gasteiger partial charge in [-0.3, -0.25) is 4.79 Å². The second-order valence-electron chi connectivity index (χ2n) is 8.11. The van der Waals surface area contributed by atoms with E-state index in [1.165, 1.54) is 18.3 Å². The number of hydrogen-bond donors (Lipinski definition) is 1. The number of alkyl halides is 2. The Hall–Kier alpha value is -3.63. The molecule has 3 heterocycles. The molecule has 2 aromatic rings. The van der Waals surface area contributed by atoms with Gasteiger partial charge >= 0.3 is 12.6 Å². The molecule has 0 saturated carbocycles. The molecule has 1 aliphatic carbocycles. The van der Waals surface area contributed by atoms with E-state index in [9.17, 15) is 27.2 Å². The van der Waals surface area contributed by atoms with Crippen LogP contribution in [0.3, 0.4) is 0 Å². The lowest BCUT2D eigenvalue weighted by atomic mass is 9.96. The number of amides is 3. The van der Waals surface area contributed by atoms with Gasteiger partial charge in [-0.1, -0.05) is 6.08 Å². The molecule has 5 rings (SSSR count). The number of nitrogens with zero attached hydrogens (tertiary/aromatic N) is 3. The van der Waals surface area contributed by atoms with Crippen LogP contribution in [0.2, 0.25) is 0 Å². The molecular weight excluding hydrogens is 444 g/mol. The molecule has 1 fully saturated rings. The van der Waals surface area contributed by atoms with Crippen LogP contribution in [0.25, 0.3) is 5.57 Å². The summed E-state index contributed by atoms with van der Waals surface area (Å²) in [5.41, 5.74) is 1.93. The van der Waals surface area contributed by atoms with Crippen LogP contribution < -0.4 is 10.1 Å². The summed E-state index contributed by atoms with van der Waals surface area (Å²) in [5, 5.41) is 2.49. The van der Waals surface area contributed by atoms with Crippen molar-refractivity contribution in [3.8, 4) is 5.88 Å². The Morgan fingerprint density at radius 3 is 2.73 bits per heavy atom. The van der Waals surface area contributed by atoms with Gasteiger partial charge in [-0.2, -0.15) is 8.78 Å². The molecule has 33 heavy (non-hydrogen) atoms. The zero-order chi connectivity index (χ0) is 23.3. The van der Waals surface area contributed by atoms with Gasteiger partial charge in [-0.25, -0.2) is 18.6 Å². The molecule has 2 aliphatic heterocycles. The number of urea groups is 1. The van der Waals surface area contributed by atoms with E-state index >= 15 is 0 Å². The lowest BCUT2D eigenvalue weighted by Crippen LogP contribution is -2.47. The van der Waals surface area contributed by atoms with Crippen LogP contribution >= 0.6 is 0 Å². The first-order valence-corrected chi connectivity index (χ1v) is 10.3. The number of pyridine rings is 1. The number of hydrogen-bond acceptors (Lipinski definition) is 4. The fourth-order valence-corrected chi connectivity index (χ4v) is 4.63. The highest BCUT2D eigenvalue weighted by Gasteiger charge is 2.42. The lowest BCUT2D eigenvalue weighted by Gasteiger charge is -2.32. The third-order valence-electron chi connectivity index (χ3n) is 6.16. The van der Waals surface area contributed by atoms with Crippen LogP contribution in [-0.4, -0.2) is 52.5 Å². The molecule has 1 aromatic heterocycles. The highest BCUT2D eigenvalue weighted by Crippen LogP contribution is 2.42. The quantitative estimate of drug-likeness (QED) is 0.689. The number of likely N-dealkylation sites (tertiary alicyclic amines) is 1. The van der Waals surface area contributed by atoms with Crippen LogP contribution in [0.15, 0.2) is 36.5 Å². The minimum atomic E-state index is -2.95. The molecule has 3 amide bonds. The number of carbonyl (C=O) groups is 2. The van der Waals surface area contributed by atoms with Crippen molar-refractivity contribution >= 4 is 23.2 Å². The fourth-order valence-electron chi connectivity index (χ4n) is 4.63. The van der Waals surface area contributed by atoms with Crippen molar-refractivity contribution in [3.63, 3.8) is 0 Å². The largest absolute Gasteiger partial charge is 0.417 e. The standard InChI is InChI=1S/C22H18F4N4O3/c23-16-2-3-17-15(20(16)24)9-29(22(32)28-17)10-19(31)30-8-12-5-13(30)6-14(12)11-1-4-18(27-7-11)33-21(25)26/h1-4,6-7,12-13,21H,5,8-10H2,(H,28,32)/t12-,13-/m0/s1. The van der Waals surface area contributed by atoms with E-state index in [1.807, 2.05) is 6.08 Å². The summed E-state index contributed by atoms with van der Waals surface area (Å²) < 4.78 is 56.5. The molecule has 3 aliphatic rings. The van der Waals surface area contributed by atoms with Crippen molar-refractivity contribution < 1.29 is 31.9 Å². The molecule has 2 atom stereocenters. The molecule has 11 heteroatoms. The maximum atomic E-state index is 14.1. The number of rotatable bonds is 5. The van der Waals surface area contributed by atoms with Crippen molar-refractivity contribution in [1.29, 1.82) is 0 Å². The molecule has 172 valence electrons. The monoisotopic (exact) mass is 462 g/mol. The summed E-state index contributed by atoms with van der Waals surface area (Å²) >= 11 is 0. The average Bonchev–Trinajstić information content (AvgIpc) is 3.39. The van der Waals surface area contributed by atoms with Crippen molar-refractivity contribution in [2.24, 2.45) is 5.92 Å². The van der Waals surface area contributed by atoms with Gasteiger partial charge < -0.3 is 19.9 Å². The van der Waals surface area contributed by atoms with Gasteiger partial charge in [-0.15, -0.1) is 0 Å². The molecule has 0 radical (unpaired) electrons. The van der Waals surface area contributed by atoms with Gasteiger partial charge in [0.2, 0.25) is 11.8 Å². The van der Waals surface area contributed by atoms with E-state index in [0.29, 0.717) is 13.0 Å². The number of fused-ring (bicyclic) bond motifs is 3. The molecule has 2 bridgehead atoms. The van der Waals surface area contributed by atoms with Gasteiger partial charge in [0.05, 0.1) is 18.3 Å². The Morgan fingerprint density at radius 2 is 2.06 bits per heavy atom. The zero-order valence-corrected chi connectivity index (χ0v) is 17.1. The molecule has 1 N–H and O–H groups in total. The highest BCUT2D eigenvalue weighted by molar-refractivity contribution is 5.95. The number of halogens is 4. The molecule has 0 spiro atoms. The summed E-state index contributed by atoms with van der Waals surface area (Å²) in [6, 6.07) is 4.51. The molecule has 0 unspecified atom stereocenters. The summed E-state index contributed by atoms with van der Waals surface area (Å²) in [7, 11) is 0. The third kappa shape index (κ3) is 3.87. The smallest absolute Gasteiger partial charge is 0.388 e. The summed E-state index contributed by atoms with van der Waals surface area (Å²) in [5.74, 6) is -2.49. The first kappa shape index (κ1) is 21.2. The van der Waals surface area contributed by atoms with E-state index < -0.39 is 24.3 Å². The Labute approximate surface area is 185 Å². The van der Waals surface area contributed by atoms with Crippen LogP contribution in [0.4, 0.5) is 28.0 Å². The van der Waals surface area contributed by atoms with Gasteiger partial charge in [-0.05, 0) is 35.8 Å². The topological polar surface area (TPSA) is 74.8 Å². The minimum Gasteiger partial charge on any atom is -0.417 e. The first-order valence-electron chi connectivity index (χ1n) is 10.3. The first-order chi connectivity index (χ1) is 15.8. The van der Waals surface area contributed by atoms with E-state index in [2.05, 4.69) is 15.0 Å². The number of nitrogens with one attached hydrogen (secondary N) is 1. The predicted octanol–water partition coefficient (Wildman–Crippen LogP) is 3.62. The van der Waals surface area contributed by atoms with Crippen LogP contribution in [0.1, 0.15) is 17.5 Å². The van der Waals surface area contributed by atoms with Gasteiger partial charge in [0.1, 0.15) is 6.54 Å². The highest BCUT2D eigenvalue weighted by atomic mass is 19.3. The van der Waals surface area contributed by atoms with Gasteiger partial charge in [0.15, 0.2) is 11.6 Å². The Kier molecular flexibility index (Phi) is 5.18. The zero-order valence-electron chi connectivity index (χ0n) is 17.1. The van der Waals surface area contributed by atoms with Crippen molar-refractivity contribution in [1.82, 2.24) is 14.8 Å². The number of carbonyl (C=O) groups excluding carboxylic acids is 2. The van der Waals surface area contributed by atoms with Crippen molar-refractivity contribution in [2.45, 2.75) is 25.6 Å². The van der Waals surface area contributed by atoms with Crippen LogP contribution in [0, 0.1) is 17.6 Å². The predicted molar refractivity (Wildman–Crippen MR) is 108 cm³/mol. The van der Waals surface area contributed by atoms with Crippen LogP contribution in [-0.2, 0) is 11.3 Å². The Bertz CT molecular complexity index is 1160. The molecule has 7 nitrogen and oxygen atoms in total. The van der Waals surface area contributed by atoms with E-state index in [4.69, 9.17) is 0 Å². The van der Waals surface area contributed by atoms with Gasteiger partial charge in [0, 0.05) is 30.3 Å².